The van der Waals surface area contributed by atoms with Crippen LogP contribution in [0.4, 0.5) is 4.39 Å². The van der Waals surface area contributed by atoms with Crippen molar-refractivity contribution in [3.8, 4) is 6.07 Å². The molecule has 1 N–H and O–H groups in total. The van der Waals surface area contributed by atoms with E-state index < -0.39 is 11.8 Å². The third-order valence-corrected chi connectivity index (χ3v) is 3.24. The summed E-state index contributed by atoms with van der Waals surface area (Å²) in [5, 5.41) is 17.7. The van der Waals surface area contributed by atoms with Crippen LogP contribution in [0, 0.1) is 17.1 Å². The number of halogens is 1. The molecule has 1 fully saturated rings. The topological polar surface area (TPSA) is 64.3 Å². The standard InChI is InChI=1S/C14H15FN2O2/c15-12-2-1-10(11(7-12)8-16)9-17(13-3-4-13)6-5-14(18)19/h1-2,7,13H,3-6,9H2,(H,18,19). The lowest BCUT2D eigenvalue weighted by Gasteiger charge is -2.21. The largest absolute Gasteiger partial charge is 0.481 e. The molecule has 0 aromatic heterocycles. The second kappa shape index (κ2) is 5.81. The number of carboxylic acids is 1. The fourth-order valence-corrected chi connectivity index (χ4v) is 2.08. The second-order valence-electron chi connectivity index (χ2n) is 4.76. The van der Waals surface area contributed by atoms with Crippen LogP contribution in [0.25, 0.3) is 0 Å². The maximum Gasteiger partial charge on any atom is 0.304 e. The summed E-state index contributed by atoms with van der Waals surface area (Å²) < 4.78 is 13.1. The molecule has 4 nitrogen and oxygen atoms in total. The van der Waals surface area contributed by atoms with Crippen LogP contribution in [0.5, 0.6) is 0 Å². The van der Waals surface area contributed by atoms with Gasteiger partial charge in [0.1, 0.15) is 5.82 Å². The van der Waals surface area contributed by atoms with Gasteiger partial charge in [-0.2, -0.15) is 5.26 Å². The summed E-state index contributed by atoms with van der Waals surface area (Å²) in [6.45, 7) is 0.962. The Balaban J connectivity index is 2.08. The van der Waals surface area contributed by atoms with Gasteiger partial charge in [-0.3, -0.25) is 9.69 Å². The summed E-state index contributed by atoms with van der Waals surface area (Å²) in [5.41, 5.74) is 1.07. The molecule has 0 bridgehead atoms. The van der Waals surface area contributed by atoms with E-state index in [1.54, 1.807) is 6.07 Å². The zero-order valence-corrected chi connectivity index (χ0v) is 10.5. The van der Waals surface area contributed by atoms with Crippen LogP contribution >= 0.6 is 0 Å². The highest BCUT2D eigenvalue weighted by atomic mass is 19.1. The van der Waals surface area contributed by atoms with Crippen molar-refractivity contribution in [3.05, 3.63) is 35.1 Å². The van der Waals surface area contributed by atoms with E-state index in [0.29, 0.717) is 24.7 Å². The molecule has 2 rings (SSSR count). The minimum atomic E-state index is -0.828. The van der Waals surface area contributed by atoms with Gasteiger partial charge in [0.15, 0.2) is 0 Å². The zero-order chi connectivity index (χ0) is 13.8. The molecule has 19 heavy (non-hydrogen) atoms. The Kier molecular flexibility index (Phi) is 4.13. The molecule has 0 unspecified atom stereocenters. The number of hydrogen-bond donors (Lipinski definition) is 1. The fourth-order valence-electron chi connectivity index (χ4n) is 2.08. The Morgan fingerprint density at radius 1 is 1.53 bits per heavy atom. The van der Waals surface area contributed by atoms with Crippen LogP contribution in [0.1, 0.15) is 30.4 Å². The first-order valence-corrected chi connectivity index (χ1v) is 6.24. The van der Waals surface area contributed by atoms with Crippen LogP contribution < -0.4 is 0 Å². The molecule has 1 saturated carbocycles. The Morgan fingerprint density at radius 3 is 2.84 bits per heavy atom. The van der Waals surface area contributed by atoms with Gasteiger partial charge >= 0.3 is 5.97 Å². The summed E-state index contributed by atoms with van der Waals surface area (Å²) in [6, 6.07) is 6.53. The molecule has 5 heteroatoms. The van der Waals surface area contributed by atoms with Crippen LogP contribution in [0.3, 0.4) is 0 Å². The van der Waals surface area contributed by atoms with Crippen molar-refractivity contribution in [2.45, 2.75) is 31.8 Å². The van der Waals surface area contributed by atoms with E-state index >= 15 is 0 Å². The summed E-state index contributed by atoms with van der Waals surface area (Å²) in [7, 11) is 0. The lowest BCUT2D eigenvalue weighted by molar-refractivity contribution is -0.137. The molecular formula is C14H15FN2O2. The predicted octanol–water partition coefficient (Wildman–Crippen LogP) is 2.14. The number of benzene rings is 1. The molecule has 100 valence electrons. The summed E-state index contributed by atoms with van der Waals surface area (Å²) >= 11 is 0. The average molecular weight is 262 g/mol. The molecule has 0 atom stereocenters. The van der Waals surface area contributed by atoms with Gasteiger partial charge in [-0.25, -0.2) is 4.39 Å². The first-order valence-electron chi connectivity index (χ1n) is 6.24. The highest BCUT2D eigenvalue weighted by Gasteiger charge is 2.29. The number of rotatable bonds is 6. The molecule has 0 aliphatic heterocycles. The monoisotopic (exact) mass is 262 g/mol. The van der Waals surface area contributed by atoms with Gasteiger partial charge in [0.05, 0.1) is 18.1 Å². The van der Waals surface area contributed by atoms with E-state index in [2.05, 4.69) is 4.90 Å². The van der Waals surface area contributed by atoms with Crippen LogP contribution in [-0.2, 0) is 11.3 Å². The lowest BCUT2D eigenvalue weighted by Crippen LogP contribution is -2.28. The highest BCUT2D eigenvalue weighted by Crippen LogP contribution is 2.29. The normalized spacial score (nSPS) is 14.4. The quantitative estimate of drug-likeness (QED) is 0.853. The third kappa shape index (κ3) is 3.76. The van der Waals surface area contributed by atoms with E-state index in [4.69, 9.17) is 10.4 Å². The number of carbonyl (C=O) groups is 1. The van der Waals surface area contributed by atoms with Crippen LogP contribution in [-0.4, -0.2) is 28.6 Å². The van der Waals surface area contributed by atoms with Gasteiger partial charge < -0.3 is 5.11 Å². The molecule has 0 radical (unpaired) electrons. The highest BCUT2D eigenvalue weighted by molar-refractivity contribution is 5.66. The minimum absolute atomic E-state index is 0.0829. The molecule has 0 amide bonds. The molecule has 0 heterocycles. The molecule has 1 aromatic carbocycles. The van der Waals surface area contributed by atoms with Gasteiger partial charge in [-0.1, -0.05) is 6.07 Å². The van der Waals surface area contributed by atoms with E-state index in [1.807, 2.05) is 6.07 Å². The molecule has 1 aliphatic rings. The smallest absolute Gasteiger partial charge is 0.304 e. The molecule has 0 spiro atoms. The van der Waals surface area contributed by atoms with Crippen molar-refractivity contribution in [2.75, 3.05) is 6.54 Å². The maximum atomic E-state index is 13.1. The zero-order valence-electron chi connectivity index (χ0n) is 10.5. The van der Waals surface area contributed by atoms with Crippen molar-refractivity contribution in [1.82, 2.24) is 4.90 Å². The third-order valence-electron chi connectivity index (χ3n) is 3.24. The van der Waals surface area contributed by atoms with Crippen LogP contribution in [0.15, 0.2) is 18.2 Å². The first-order chi connectivity index (χ1) is 9.10. The summed E-state index contributed by atoms with van der Waals surface area (Å²) in [4.78, 5) is 12.7. The molecule has 1 aromatic rings. The Bertz CT molecular complexity index is 521. The number of nitriles is 1. The lowest BCUT2D eigenvalue weighted by atomic mass is 10.1. The van der Waals surface area contributed by atoms with E-state index in [9.17, 15) is 9.18 Å². The number of hydrogen-bond acceptors (Lipinski definition) is 3. The van der Waals surface area contributed by atoms with Gasteiger partial charge in [0.25, 0.3) is 0 Å². The van der Waals surface area contributed by atoms with Gasteiger partial charge in [-0.05, 0) is 30.5 Å². The minimum Gasteiger partial charge on any atom is -0.481 e. The molecule has 0 saturated heterocycles. The van der Waals surface area contributed by atoms with E-state index in [0.717, 1.165) is 18.4 Å². The number of carboxylic acid groups (broad SMARTS) is 1. The number of aliphatic carboxylic acids is 1. The second-order valence-corrected chi connectivity index (χ2v) is 4.76. The Morgan fingerprint density at radius 2 is 2.26 bits per heavy atom. The van der Waals surface area contributed by atoms with Crippen molar-refractivity contribution < 1.29 is 14.3 Å². The fraction of sp³-hybridized carbons (Fsp3) is 0.429. The van der Waals surface area contributed by atoms with Crippen LogP contribution in [0.2, 0.25) is 0 Å². The van der Waals surface area contributed by atoms with Crippen molar-refractivity contribution >= 4 is 5.97 Å². The summed E-state index contributed by atoms with van der Waals surface area (Å²) in [6.07, 6.45) is 2.20. The Hall–Kier alpha value is -1.93. The summed E-state index contributed by atoms with van der Waals surface area (Å²) in [5.74, 6) is -1.26. The maximum absolute atomic E-state index is 13.1. The van der Waals surface area contributed by atoms with Gasteiger partial charge in [0.2, 0.25) is 0 Å². The van der Waals surface area contributed by atoms with E-state index in [-0.39, 0.29) is 6.42 Å². The first kappa shape index (κ1) is 13.5. The average Bonchev–Trinajstić information content (AvgIpc) is 3.19. The molecular weight excluding hydrogens is 247 g/mol. The van der Waals surface area contributed by atoms with Crippen molar-refractivity contribution in [3.63, 3.8) is 0 Å². The van der Waals surface area contributed by atoms with Gasteiger partial charge in [0, 0.05) is 19.1 Å². The Labute approximate surface area is 111 Å². The predicted molar refractivity (Wildman–Crippen MR) is 66.8 cm³/mol. The van der Waals surface area contributed by atoms with E-state index in [1.165, 1.54) is 12.1 Å². The number of nitrogens with zero attached hydrogens (tertiary/aromatic N) is 2. The SMILES string of the molecule is N#Cc1cc(F)ccc1CN(CCC(=O)O)C1CC1. The molecule has 1 aliphatic carbocycles. The van der Waals surface area contributed by atoms with Crippen molar-refractivity contribution in [2.24, 2.45) is 0 Å². The van der Waals surface area contributed by atoms with Gasteiger partial charge in [-0.15, -0.1) is 0 Å². The van der Waals surface area contributed by atoms with Crippen molar-refractivity contribution in [1.29, 1.82) is 5.26 Å².